The fourth-order valence-corrected chi connectivity index (χ4v) is 3.35. The molecule has 2 aromatic heterocycles. The van der Waals surface area contributed by atoms with Crippen LogP contribution < -0.4 is 0 Å². The van der Waals surface area contributed by atoms with E-state index in [0.29, 0.717) is 24.1 Å². The van der Waals surface area contributed by atoms with Crippen LogP contribution in [0.3, 0.4) is 0 Å². The molecule has 2 heterocycles. The third-order valence-corrected chi connectivity index (χ3v) is 4.81. The molecule has 0 unspecified atom stereocenters. The van der Waals surface area contributed by atoms with Gasteiger partial charge in [-0.3, -0.25) is 9.36 Å². The van der Waals surface area contributed by atoms with Crippen LogP contribution in [-0.4, -0.2) is 38.4 Å². The van der Waals surface area contributed by atoms with Crippen molar-refractivity contribution in [1.29, 1.82) is 0 Å². The molecule has 0 aliphatic rings. The Bertz CT molecular complexity index is 906. The number of carbonyl (C=O) groups excluding carboxylic acids is 1. The number of carbonyl (C=O) groups is 1. The molecule has 27 heavy (non-hydrogen) atoms. The SMILES string of the molecule is C=CCn1c(SCC(=O)N(C)Cc2ccco2)nnc1-c1ccc(F)cc1. The molecule has 8 heteroatoms. The lowest BCUT2D eigenvalue weighted by Crippen LogP contribution is -2.27. The molecule has 3 aromatic rings. The number of hydrogen-bond acceptors (Lipinski definition) is 5. The normalized spacial score (nSPS) is 10.7. The van der Waals surface area contributed by atoms with E-state index in [1.54, 1.807) is 42.5 Å². The summed E-state index contributed by atoms with van der Waals surface area (Å²) in [6.45, 7) is 4.65. The molecule has 6 nitrogen and oxygen atoms in total. The Labute approximate surface area is 160 Å². The molecule has 0 aliphatic heterocycles. The van der Waals surface area contributed by atoms with Gasteiger partial charge in [-0.1, -0.05) is 17.8 Å². The van der Waals surface area contributed by atoms with E-state index in [4.69, 9.17) is 4.42 Å². The van der Waals surface area contributed by atoms with E-state index in [1.807, 2.05) is 10.6 Å². The molecule has 0 aliphatic carbocycles. The second kappa shape index (κ2) is 8.68. The van der Waals surface area contributed by atoms with Crippen molar-refractivity contribution >= 4 is 17.7 Å². The van der Waals surface area contributed by atoms with Gasteiger partial charge < -0.3 is 9.32 Å². The Morgan fingerprint density at radius 3 is 2.78 bits per heavy atom. The van der Waals surface area contributed by atoms with Crippen molar-refractivity contribution in [2.75, 3.05) is 12.8 Å². The maximum absolute atomic E-state index is 13.2. The van der Waals surface area contributed by atoms with E-state index in [1.165, 1.54) is 23.9 Å². The molecule has 0 atom stereocenters. The van der Waals surface area contributed by atoms with Crippen LogP contribution in [0.2, 0.25) is 0 Å². The summed E-state index contributed by atoms with van der Waals surface area (Å²) in [4.78, 5) is 14.0. The number of allylic oxidation sites excluding steroid dienone is 1. The van der Waals surface area contributed by atoms with E-state index in [-0.39, 0.29) is 17.5 Å². The number of rotatable bonds is 8. The average molecular weight is 386 g/mol. The molecule has 1 aromatic carbocycles. The van der Waals surface area contributed by atoms with Crippen LogP contribution in [0, 0.1) is 5.82 Å². The Kier molecular flexibility index (Phi) is 6.08. The first kappa shape index (κ1) is 18.9. The quantitative estimate of drug-likeness (QED) is 0.437. The third-order valence-electron chi connectivity index (χ3n) is 3.85. The fourth-order valence-electron chi connectivity index (χ4n) is 2.46. The average Bonchev–Trinajstić information content (AvgIpc) is 3.31. The summed E-state index contributed by atoms with van der Waals surface area (Å²) in [5.74, 6) is 1.19. The van der Waals surface area contributed by atoms with Gasteiger partial charge in [0.05, 0.1) is 18.6 Å². The Morgan fingerprint density at radius 2 is 2.11 bits per heavy atom. The first-order chi connectivity index (χ1) is 13.1. The number of aromatic nitrogens is 3. The van der Waals surface area contributed by atoms with Crippen LogP contribution in [0.4, 0.5) is 4.39 Å². The molecule has 0 bridgehead atoms. The third kappa shape index (κ3) is 4.65. The Hall–Kier alpha value is -2.87. The van der Waals surface area contributed by atoms with Crippen LogP contribution in [0.25, 0.3) is 11.4 Å². The zero-order valence-electron chi connectivity index (χ0n) is 14.8. The number of thioether (sulfide) groups is 1. The highest BCUT2D eigenvalue weighted by molar-refractivity contribution is 7.99. The zero-order chi connectivity index (χ0) is 19.2. The smallest absolute Gasteiger partial charge is 0.233 e. The van der Waals surface area contributed by atoms with Crippen molar-refractivity contribution in [3.63, 3.8) is 0 Å². The monoisotopic (exact) mass is 386 g/mol. The summed E-state index contributed by atoms with van der Waals surface area (Å²) in [5.41, 5.74) is 0.749. The minimum Gasteiger partial charge on any atom is -0.467 e. The molecule has 0 fully saturated rings. The number of amides is 1. The van der Waals surface area contributed by atoms with Crippen molar-refractivity contribution in [3.8, 4) is 11.4 Å². The molecule has 0 N–H and O–H groups in total. The maximum atomic E-state index is 13.2. The van der Waals surface area contributed by atoms with E-state index in [2.05, 4.69) is 16.8 Å². The first-order valence-electron chi connectivity index (χ1n) is 8.27. The summed E-state index contributed by atoms with van der Waals surface area (Å²) in [6.07, 6.45) is 3.31. The molecular formula is C19H19FN4O2S. The molecule has 0 radical (unpaired) electrons. The highest BCUT2D eigenvalue weighted by atomic mass is 32.2. The van der Waals surface area contributed by atoms with E-state index < -0.39 is 0 Å². The number of nitrogens with zero attached hydrogens (tertiary/aromatic N) is 4. The van der Waals surface area contributed by atoms with Gasteiger partial charge in [0.25, 0.3) is 0 Å². The highest BCUT2D eigenvalue weighted by Gasteiger charge is 2.17. The number of halogens is 1. The van der Waals surface area contributed by atoms with Crippen molar-refractivity contribution in [2.45, 2.75) is 18.2 Å². The van der Waals surface area contributed by atoms with Crippen molar-refractivity contribution in [3.05, 3.63) is 66.9 Å². The van der Waals surface area contributed by atoms with Gasteiger partial charge in [0, 0.05) is 19.2 Å². The lowest BCUT2D eigenvalue weighted by molar-refractivity contribution is -0.127. The highest BCUT2D eigenvalue weighted by Crippen LogP contribution is 2.24. The van der Waals surface area contributed by atoms with E-state index >= 15 is 0 Å². The van der Waals surface area contributed by atoms with Gasteiger partial charge in [-0.15, -0.1) is 16.8 Å². The summed E-state index contributed by atoms with van der Waals surface area (Å²) >= 11 is 1.30. The predicted molar refractivity (Wildman–Crippen MR) is 102 cm³/mol. The summed E-state index contributed by atoms with van der Waals surface area (Å²) in [7, 11) is 1.73. The Morgan fingerprint density at radius 1 is 1.33 bits per heavy atom. The lowest BCUT2D eigenvalue weighted by atomic mass is 10.2. The second-order valence-electron chi connectivity index (χ2n) is 5.83. The molecule has 1 amide bonds. The second-order valence-corrected chi connectivity index (χ2v) is 6.77. The molecule has 3 rings (SSSR count). The molecule has 0 saturated heterocycles. The van der Waals surface area contributed by atoms with Gasteiger partial charge in [-0.05, 0) is 36.4 Å². The van der Waals surface area contributed by atoms with Crippen molar-refractivity contribution in [2.24, 2.45) is 0 Å². The maximum Gasteiger partial charge on any atom is 0.233 e. The Balaban J connectivity index is 1.70. The van der Waals surface area contributed by atoms with Gasteiger partial charge >= 0.3 is 0 Å². The van der Waals surface area contributed by atoms with Crippen LogP contribution in [0.5, 0.6) is 0 Å². The summed E-state index contributed by atoms with van der Waals surface area (Å²) < 4.78 is 20.3. The van der Waals surface area contributed by atoms with Gasteiger partial charge in [-0.25, -0.2) is 4.39 Å². The van der Waals surface area contributed by atoms with Gasteiger partial charge in [-0.2, -0.15) is 0 Å². The van der Waals surface area contributed by atoms with Crippen LogP contribution in [0.1, 0.15) is 5.76 Å². The van der Waals surface area contributed by atoms with Crippen molar-refractivity contribution < 1.29 is 13.6 Å². The van der Waals surface area contributed by atoms with Crippen LogP contribution >= 0.6 is 11.8 Å². The van der Waals surface area contributed by atoms with Gasteiger partial charge in [0.15, 0.2) is 11.0 Å². The number of hydrogen-bond donors (Lipinski definition) is 0. The van der Waals surface area contributed by atoms with E-state index in [0.717, 1.165) is 11.3 Å². The van der Waals surface area contributed by atoms with E-state index in [9.17, 15) is 9.18 Å². The van der Waals surface area contributed by atoms with Crippen LogP contribution in [-0.2, 0) is 17.9 Å². The molecule has 0 spiro atoms. The molecule has 140 valence electrons. The van der Waals surface area contributed by atoms with Crippen molar-refractivity contribution in [1.82, 2.24) is 19.7 Å². The molecular weight excluding hydrogens is 367 g/mol. The minimum atomic E-state index is -0.312. The number of furan rings is 1. The minimum absolute atomic E-state index is 0.0483. The van der Waals surface area contributed by atoms with Crippen LogP contribution in [0.15, 0.2) is 64.9 Å². The summed E-state index contributed by atoms with van der Waals surface area (Å²) in [6, 6.07) is 9.67. The topological polar surface area (TPSA) is 64.2 Å². The molecule has 0 saturated carbocycles. The first-order valence-corrected chi connectivity index (χ1v) is 9.26. The summed E-state index contributed by atoms with van der Waals surface area (Å²) in [5, 5.41) is 8.99. The lowest BCUT2D eigenvalue weighted by Gasteiger charge is -2.15. The standard InChI is InChI=1S/C19H19FN4O2S/c1-3-10-24-18(14-6-8-15(20)9-7-14)21-22-19(24)27-13-17(25)23(2)12-16-5-4-11-26-16/h3-9,11H,1,10,12-13H2,2H3. The number of benzene rings is 1. The largest absolute Gasteiger partial charge is 0.467 e. The van der Waals surface area contributed by atoms with Gasteiger partial charge in [0.1, 0.15) is 11.6 Å². The predicted octanol–water partition coefficient (Wildman–Crippen LogP) is 3.61. The van der Waals surface area contributed by atoms with Gasteiger partial charge in [0.2, 0.25) is 5.91 Å². The fraction of sp³-hybridized carbons (Fsp3) is 0.211. The zero-order valence-corrected chi connectivity index (χ0v) is 15.7.